The third-order valence-corrected chi connectivity index (χ3v) is 2.31. The molecule has 0 saturated heterocycles. The van der Waals surface area contributed by atoms with Crippen LogP contribution in [0.25, 0.3) is 12.1 Å². The van der Waals surface area contributed by atoms with Gasteiger partial charge >= 0.3 is 0 Å². The predicted octanol–water partition coefficient (Wildman–Crippen LogP) is 3.98. The molecule has 0 amide bonds. The average Bonchev–Trinajstić information content (AvgIpc) is 2.49. The molecule has 0 spiro atoms. The lowest BCUT2D eigenvalue weighted by Gasteiger charge is -1.91. The second-order valence-electron chi connectivity index (χ2n) is 3.71. The van der Waals surface area contributed by atoms with Crippen molar-refractivity contribution in [3.63, 3.8) is 0 Å². The fourth-order valence-corrected chi connectivity index (χ4v) is 1.42. The SMILES string of the molecule is [2H]/C(=C\C(=O)/C=C(\[2H])c1ccccc1)c1ccccc1. The molecule has 0 fully saturated rings. The molecule has 0 aromatic heterocycles. The van der Waals surface area contributed by atoms with Gasteiger partial charge in [0.1, 0.15) is 0 Å². The first-order valence-electron chi connectivity index (χ1n) is 6.68. The monoisotopic (exact) mass is 236 g/mol. The third-order valence-electron chi connectivity index (χ3n) is 2.31. The Labute approximate surface area is 110 Å². The van der Waals surface area contributed by atoms with E-state index in [0.29, 0.717) is 11.1 Å². The summed E-state index contributed by atoms with van der Waals surface area (Å²) >= 11 is 0. The van der Waals surface area contributed by atoms with E-state index in [1.807, 2.05) is 36.4 Å². The highest BCUT2D eigenvalue weighted by molar-refractivity contribution is 6.04. The maximum atomic E-state index is 11.8. The smallest absolute Gasteiger partial charge is 0.178 e. The molecule has 18 heavy (non-hydrogen) atoms. The molecule has 2 aromatic carbocycles. The highest BCUT2D eigenvalue weighted by Gasteiger charge is 1.90. The van der Waals surface area contributed by atoms with Crippen LogP contribution in [0.5, 0.6) is 0 Å². The van der Waals surface area contributed by atoms with Crippen molar-refractivity contribution in [2.24, 2.45) is 0 Å². The van der Waals surface area contributed by atoms with Crippen LogP contribution in [0.4, 0.5) is 0 Å². The molecular formula is C17H14O. The number of ketones is 1. The molecule has 0 atom stereocenters. The van der Waals surface area contributed by atoms with Gasteiger partial charge in [0, 0.05) is 0 Å². The Kier molecular flexibility index (Phi) is 3.39. The van der Waals surface area contributed by atoms with Crippen LogP contribution in [-0.2, 0) is 4.79 Å². The van der Waals surface area contributed by atoms with Crippen molar-refractivity contribution in [3.8, 4) is 0 Å². The van der Waals surface area contributed by atoms with E-state index in [9.17, 15) is 4.79 Å². The molecule has 0 heterocycles. The quantitative estimate of drug-likeness (QED) is 0.734. The fraction of sp³-hybridized carbons (Fsp3) is 0. The Morgan fingerprint density at radius 2 is 1.17 bits per heavy atom. The Balaban J connectivity index is 2.17. The van der Waals surface area contributed by atoms with Crippen LogP contribution >= 0.6 is 0 Å². The first-order valence-corrected chi connectivity index (χ1v) is 5.68. The first kappa shape index (κ1) is 9.60. The van der Waals surface area contributed by atoms with Crippen LogP contribution in [-0.4, -0.2) is 5.78 Å². The summed E-state index contributed by atoms with van der Waals surface area (Å²) in [4.78, 5) is 11.8. The zero-order chi connectivity index (χ0) is 14.4. The maximum absolute atomic E-state index is 11.8. The van der Waals surface area contributed by atoms with Gasteiger partial charge in [-0.3, -0.25) is 4.79 Å². The average molecular weight is 236 g/mol. The molecule has 0 aliphatic rings. The van der Waals surface area contributed by atoms with E-state index in [1.165, 1.54) is 12.2 Å². The molecule has 0 bridgehead atoms. The second kappa shape index (κ2) is 6.36. The molecule has 0 aliphatic carbocycles. The predicted molar refractivity (Wildman–Crippen MR) is 76.0 cm³/mol. The minimum absolute atomic E-state index is 0.146. The molecule has 0 unspecified atom stereocenters. The largest absolute Gasteiger partial charge is 0.290 e. The van der Waals surface area contributed by atoms with Crippen molar-refractivity contribution in [3.05, 3.63) is 83.9 Å². The molecule has 2 aromatic rings. The van der Waals surface area contributed by atoms with Gasteiger partial charge in [-0.2, -0.15) is 0 Å². The number of benzene rings is 2. The molecule has 0 aliphatic heterocycles. The Hall–Kier alpha value is -2.41. The highest BCUT2D eigenvalue weighted by atomic mass is 16.1. The molecular weight excluding hydrogens is 220 g/mol. The van der Waals surface area contributed by atoms with Crippen molar-refractivity contribution in [2.75, 3.05) is 0 Å². The molecule has 1 nitrogen and oxygen atoms in total. The van der Waals surface area contributed by atoms with E-state index >= 15 is 0 Å². The summed E-state index contributed by atoms with van der Waals surface area (Å²) in [6.45, 7) is 0. The standard InChI is InChI=1S/C17H14O/c18-17(13-11-15-7-3-1-4-8-15)14-12-16-9-5-2-6-10-16/h1-14H/b13-11+,14-12+/i11D,12D. The highest BCUT2D eigenvalue weighted by Crippen LogP contribution is 2.03. The Morgan fingerprint density at radius 1 is 0.778 bits per heavy atom. The van der Waals surface area contributed by atoms with Crippen LogP contribution in [0.15, 0.2) is 72.8 Å². The van der Waals surface area contributed by atoms with Crippen LogP contribution in [0.3, 0.4) is 0 Å². The number of allylic oxidation sites excluding steroid dienone is 2. The number of carbonyl (C=O) groups excluding carboxylic acids is 1. The fourth-order valence-electron chi connectivity index (χ4n) is 1.42. The summed E-state index contributed by atoms with van der Waals surface area (Å²) in [6.07, 6.45) is 2.46. The first-order chi connectivity index (χ1) is 9.66. The Bertz CT molecular complexity index is 586. The zero-order valence-corrected chi connectivity index (χ0v) is 9.84. The summed E-state index contributed by atoms with van der Waals surface area (Å²) in [5.74, 6) is -0.354. The number of hydrogen-bond donors (Lipinski definition) is 0. The second-order valence-corrected chi connectivity index (χ2v) is 3.71. The van der Waals surface area contributed by atoms with Crippen LogP contribution in [0.1, 0.15) is 13.9 Å². The van der Waals surface area contributed by atoms with Crippen molar-refractivity contribution in [2.45, 2.75) is 0 Å². The van der Waals surface area contributed by atoms with E-state index in [4.69, 9.17) is 2.74 Å². The van der Waals surface area contributed by atoms with E-state index in [-0.39, 0.29) is 17.9 Å². The maximum Gasteiger partial charge on any atom is 0.178 e. The lowest BCUT2D eigenvalue weighted by Crippen LogP contribution is -1.84. The van der Waals surface area contributed by atoms with E-state index in [0.717, 1.165) is 0 Å². The van der Waals surface area contributed by atoms with Crippen molar-refractivity contribution >= 4 is 17.9 Å². The van der Waals surface area contributed by atoms with Gasteiger partial charge in [-0.1, -0.05) is 72.8 Å². The van der Waals surface area contributed by atoms with Crippen molar-refractivity contribution in [1.29, 1.82) is 0 Å². The molecule has 1 heteroatoms. The van der Waals surface area contributed by atoms with Gasteiger partial charge in [-0.05, 0) is 23.3 Å². The molecule has 88 valence electrons. The molecule has 0 saturated carbocycles. The topological polar surface area (TPSA) is 17.1 Å². The van der Waals surface area contributed by atoms with Gasteiger partial charge in [0.25, 0.3) is 0 Å². The van der Waals surface area contributed by atoms with Crippen LogP contribution in [0, 0.1) is 0 Å². The molecule has 0 radical (unpaired) electrons. The molecule has 0 N–H and O–H groups in total. The number of rotatable bonds is 4. The normalized spacial score (nSPS) is 13.8. The van der Waals surface area contributed by atoms with Gasteiger partial charge in [0.15, 0.2) is 5.78 Å². The summed E-state index contributed by atoms with van der Waals surface area (Å²) in [7, 11) is 0. The van der Waals surface area contributed by atoms with Gasteiger partial charge in [-0.25, -0.2) is 0 Å². The lowest BCUT2D eigenvalue weighted by atomic mass is 10.1. The zero-order valence-electron chi connectivity index (χ0n) is 11.8. The summed E-state index contributed by atoms with van der Waals surface area (Å²) in [5, 5.41) is 0. The van der Waals surface area contributed by atoms with E-state index in [2.05, 4.69) is 0 Å². The number of hydrogen-bond acceptors (Lipinski definition) is 1. The number of carbonyl (C=O) groups is 1. The van der Waals surface area contributed by atoms with Crippen molar-refractivity contribution in [1.82, 2.24) is 0 Å². The van der Waals surface area contributed by atoms with E-state index < -0.39 is 0 Å². The summed E-state index contributed by atoms with van der Waals surface area (Å²) in [6, 6.07) is 18.4. The van der Waals surface area contributed by atoms with Gasteiger partial charge in [-0.15, -0.1) is 0 Å². The third kappa shape index (κ3) is 3.87. The minimum Gasteiger partial charge on any atom is -0.290 e. The minimum atomic E-state index is -0.354. The van der Waals surface area contributed by atoms with Gasteiger partial charge < -0.3 is 0 Å². The summed E-state index contributed by atoms with van der Waals surface area (Å²) < 4.78 is 15.7. The lowest BCUT2D eigenvalue weighted by molar-refractivity contribution is -0.110. The molecule has 2 rings (SSSR count). The van der Waals surface area contributed by atoms with Crippen LogP contribution < -0.4 is 0 Å². The Morgan fingerprint density at radius 3 is 1.56 bits per heavy atom. The van der Waals surface area contributed by atoms with E-state index in [1.54, 1.807) is 24.3 Å². The van der Waals surface area contributed by atoms with Gasteiger partial charge in [0.05, 0.1) is 2.74 Å². The van der Waals surface area contributed by atoms with Gasteiger partial charge in [0.2, 0.25) is 0 Å². The van der Waals surface area contributed by atoms with Crippen LogP contribution in [0.2, 0.25) is 0 Å². The summed E-state index contributed by atoms with van der Waals surface area (Å²) in [5.41, 5.74) is 1.36. The van der Waals surface area contributed by atoms with Crippen molar-refractivity contribution < 1.29 is 7.54 Å².